The van der Waals surface area contributed by atoms with Crippen LogP contribution < -0.4 is 5.32 Å². The smallest absolute Gasteiger partial charge is 0.186 e. The van der Waals surface area contributed by atoms with Crippen molar-refractivity contribution in [2.75, 3.05) is 0 Å². The zero-order valence-corrected chi connectivity index (χ0v) is 13.6. The second-order valence-electron chi connectivity index (χ2n) is 5.92. The van der Waals surface area contributed by atoms with E-state index >= 15 is 0 Å². The first-order valence-corrected chi connectivity index (χ1v) is 8.24. The molecule has 124 valence electrons. The molecule has 0 aliphatic carbocycles. The van der Waals surface area contributed by atoms with E-state index in [1.165, 1.54) is 0 Å². The lowest BCUT2D eigenvalue weighted by Gasteiger charge is -2.17. The fourth-order valence-corrected chi connectivity index (χ4v) is 3.05. The number of H-pyrrole nitrogens is 1. The van der Waals surface area contributed by atoms with Crippen molar-refractivity contribution < 1.29 is 9.21 Å². The average Bonchev–Trinajstić information content (AvgIpc) is 3.32. The van der Waals surface area contributed by atoms with Crippen LogP contribution in [-0.2, 0) is 6.54 Å². The number of hydrogen-bond acceptors (Lipinski definition) is 3. The first-order chi connectivity index (χ1) is 12.3. The highest BCUT2D eigenvalue weighted by Crippen LogP contribution is 2.25. The van der Waals surface area contributed by atoms with Crippen LogP contribution in [0, 0.1) is 0 Å². The minimum absolute atomic E-state index is 0.0372. The van der Waals surface area contributed by atoms with Crippen LogP contribution >= 0.6 is 0 Å². The largest absolute Gasteiger partial charge is 0.468 e. The molecule has 0 saturated heterocycles. The number of aromatic amines is 1. The molecule has 0 bridgehead atoms. The summed E-state index contributed by atoms with van der Waals surface area (Å²) < 4.78 is 5.38. The third kappa shape index (κ3) is 3.12. The van der Waals surface area contributed by atoms with Crippen molar-refractivity contribution in [3.05, 3.63) is 96.1 Å². The number of carbonyl (C=O) groups excluding carboxylic acids is 1. The third-order valence-corrected chi connectivity index (χ3v) is 4.31. The minimum Gasteiger partial charge on any atom is -0.468 e. The summed E-state index contributed by atoms with van der Waals surface area (Å²) in [5, 5.41) is 4.27. The first kappa shape index (κ1) is 15.4. The number of fused-ring (bicyclic) bond motifs is 1. The maximum atomic E-state index is 13.3. The van der Waals surface area contributed by atoms with E-state index in [1.54, 1.807) is 12.5 Å². The molecule has 4 nitrogen and oxygen atoms in total. The molecular weight excluding hydrogens is 312 g/mol. The van der Waals surface area contributed by atoms with Crippen LogP contribution in [0.3, 0.4) is 0 Å². The van der Waals surface area contributed by atoms with Crippen LogP contribution in [0.5, 0.6) is 0 Å². The van der Waals surface area contributed by atoms with Crippen molar-refractivity contribution in [1.82, 2.24) is 10.3 Å². The zero-order chi connectivity index (χ0) is 17.1. The number of Topliss-reactive ketones (excluding diaryl/α,β-unsaturated/α-hetero) is 1. The van der Waals surface area contributed by atoms with Gasteiger partial charge in [0.05, 0.1) is 18.8 Å². The molecule has 0 amide bonds. The lowest BCUT2D eigenvalue weighted by Crippen LogP contribution is -2.28. The van der Waals surface area contributed by atoms with Crippen molar-refractivity contribution in [1.29, 1.82) is 0 Å². The van der Waals surface area contributed by atoms with E-state index in [0.29, 0.717) is 12.1 Å². The standard InChI is InChI=1S/C21H18N2O2/c24-21(18-14-22-19-11-5-4-10-17(18)19)20(15-7-2-1-3-8-15)23-13-16-9-6-12-25-16/h1-12,14,20,22-23H,13H2. The molecule has 25 heavy (non-hydrogen) atoms. The predicted molar refractivity (Wildman–Crippen MR) is 97.4 cm³/mol. The lowest BCUT2D eigenvalue weighted by atomic mass is 9.97. The van der Waals surface area contributed by atoms with Crippen molar-refractivity contribution in [2.45, 2.75) is 12.6 Å². The third-order valence-electron chi connectivity index (χ3n) is 4.31. The van der Waals surface area contributed by atoms with Gasteiger partial charge in [0.1, 0.15) is 5.76 Å². The number of hydrogen-bond donors (Lipinski definition) is 2. The molecule has 2 aromatic heterocycles. The van der Waals surface area contributed by atoms with Gasteiger partial charge in [-0.25, -0.2) is 0 Å². The molecular formula is C21H18N2O2. The molecule has 4 aromatic rings. The number of para-hydroxylation sites is 1. The normalized spacial score (nSPS) is 12.3. The van der Waals surface area contributed by atoms with Gasteiger partial charge in [0.2, 0.25) is 0 Å². The Morgan fingerprint density at radius 3 is 2.60 bits per heavy atom. The summed E-state index contributed by atoms with van der Waals surface area (Å²) in [6.45, 7) is 0.487. The highest BCUT2D eigenvalue weighted by atomic mass is 16.3. The second kappa shape index (κ2) is 6.79. The van der Waals surface area contributed by atoms with Crippen molar-refractivity contribution in [3.63, 3.8) is 0 Å². The Balaban J connectivity index is 1.68. The van der Waals surface area contributed by atoms with Gasteiger partial charge in [-0.15, -0.1) is 0 Å². The molecule has 1 atom stereocenters. The monoisotopic (exact) mass is 330 g/mol. The van der Waals surface area contributed by atoms with Crippen molar-refractivity contribution in [3.8, 4) is 0 Å². The Bertz CT molecular complexity index is 971. The van der Waals surface area contributed by atoms with Gasteiger partial charge in [0.25, 0.3) is 0 Å². The Morgan fingerprint density at radius 2 is 1.80 bits per heavy atom. The molecule has 2 N–H and O–H groups in total. The van der Waals surface area contributed by atoms with Crippen LogP contribution in [0.4, 0.5) is 0 Å². The van der Waals surface area contributed by atoms with Crippen LogP contribution in [0.1, 0.15) is 27.7 Å². The summed E-state index contributed by atoms with van der Waals surface area (Å²) in [7, 11) is 0. The molecule has 1 unspecified atom stereocenters. The first-order valence-electron chi connectivity index (χ1n) is 8.24. The highest BCUT2D eigenvalue weighted by molar-refractivity contribution is 6.10. The van der Waals surface area contributed by atoms with E-state index in [2.05, 4.69) is 10.3 Å². The van der Waals surface area contributed by atoms with E-state index < -0.39 is 6.04 Å². The van der Waals surface area contributed by atoms with Crippen LogP contribution in [0.2, 0.25) is 0 Å². The molecule has 0 fully saturated rings. The van der Waals surface area contributed by atoms with Gasteiger partial charge in [0.15, 0.2) is 5.78 Å². The summed E-state index contributed by atoms with van der Waals surface area (Å²) in [5.41, 5.74) is 2.59. The van der Waals surface area contributed by atoms with Crippen LogP contribution in [-0.4, -0.2) is 10.8 Å². The number of ketones is 1. The number of aromatic nitrogens is 1. The van der Waals surface area contributed by atoms with Gasteiger partial charge < -0.3 is 9.40 Å². The molecule has 0 aliphatic rings. The summed E-state index contributed by atoms with van der Waals surface area (Å²) >= 11 is 0. The van der Waals surface area contributed by atoms with Crippen LogP contribution in [0.25, 0.3) is 10.9 Å². The Morgan fingerprint density at radius 1 is 1.00 bits per heavy atom. The molecule has 2 aromatic carbocycles. The van der Waals surface area contributed by atoms with E-state index in [-0.39, 0.29) is 5.78 Å². The van der Waals surface area contributed by atoms with Gasteiger partial charge in [0, 0.05) is 22.7 Å². The Hall–Kier alpha value is -3.11. The topological polar surface area (TPSA) is 58.0 Å². The SMILES string of the molecule is O=C(c1c[nH]c2ccccc12)C(NCc1ccco1)c1ccccc1. The maximum Gasteiger partial charge on any atom is 0.186 e. The summed E-state index contributed by atoms with van der Waals surface area (Å²) in [6, 6.07) is 20.9. The fourth-order valence-electron chi connectivity index (χ4n) is 3.05. The number of benzene rings is 2. The minimum atomic E-state index is -0.439. The lowest BCUT2D eigenvalue weighted by molar-refractivity contribution is 0.0942. The summed E-state index contributed by atoms with van der Waals surface area (Å²) in [6.07, 6.45) is 3.42. The average molecular weight is 330 g/mol. The number of nitrogens with one attached hydrogen (secondary N) is 2. The molecule has 2 heterocycles. The quantitative estimate of drug-likeness (QED) is 0.513. The van der Waals surface area contributed by atoms with Gasteiger partial charge in [-0.1, -0.05) is 48.5 Å². The van der Waals surface area contributed by atoms with Gasteiger partial charge in [-0.3, -0.25) is 10.1 Å². The molecule has 0 spiro atoms. The zero-order valence-electron chi connectivity index (χ0n) is 13.6. The van der Waals surface area contributed by atoms with Gasteiger partial charge in [-0.2, -0.15) is 0 Å². The van der Waals surface area contributed by atoms with E-state index in [1.807, 2.05) is 66.7 Å². The molecule has 4 rings (SSSR count). The number of carbonyl (C=O) groups is 1. The van der Waals surface area contributed by atoms with Gasteiger partial charge in [-0.05, 0) is 23.8 Å². The number of furan rings is 1. The molecule has 0 saturated carbocycles. The number of rotatable bonds is 6. The maximum absolute atomic E-state index is 13.3. The van der Waals surface area contributed by atoms with E-state index in [0.717, 1.165) is 22.2 Å². The van der Waals surface area contributed by atoms with Crippen molar-refractivity contribution in [2.24, 2.45) is 0 Å². The fraction of sp³-hybridized carbons (Fsp3) is 0.0952. The van der Waals surface area contributed by atoms with Crippen molar-refractivity contribution >= 4 is 16.7 Å². The second-order valence-corrected chi connectivity index (χ2v) is 5.92. The van der Waals surface area contributed by atoms with Crippen LogP contribution in [0.15, 0.2) is 83.6 Å². The summed E-state index contributed by atoms with van der Waals surface area (Å²) in [4.78, 5) is 16.4. The highest BCUT2D eigenvalue weighted by Gasteiger charge is 2.24. The molecule has 0 aliphatic heterocycles. The van der Waals surface area contributed by atoms with Gasteiger partial charge >= 0.3 is 0 Å². The molecule has 0 radical (unpaired) electrons. The van der Waals surface area contributed by atoms with E-state index in [4.69, 9.17) is 4.42 Å². The Kier molecular flexibility index (Phi) is 4.19. The predicted octanol–water partition coefficient (Wildman–Crippen LogP) is 4.47. The Labute approximate surface area is 145 Å². The molecule has 4 heteroatoms. The summed E-state index contributed by atoms with van der Waals surface area (Å²) in [5.74, 6) is 0.836. The van der Waals surface area contributed by atoms with E-state index in [9.17, 15) is 4.79 Å².